The fraction of sp³-hybridized carbons (Fsp3) is 0.308. The maximum Gasteiger partial charge on any atom is 0.251 e. The summed E-state index contributed by atoms with van der Waals surface area (Å²) in [7, 11) is -3.18. The third-order valence-corrected chi connectivity index (χ3v) is 5.71. The van der Waals surface area contributed by atoms with Crippen molar-refractivity contribution < 1.29 is 13.2 Å². The maximum absolute atomic E-state index is 12.2. The van der Waals surface area contributed by atoms with E-state index >= 15 is 0 Å². The van der Waals surface area contributed by atoms with Crippen LogP contribution in [0.2, 0.25) is 0 Å². The van der Waals surface area contributed by atoms with Crippen LogP contribution in [0.15, 0.2) is 30.6 Å². The number of hydrogen-bond donors (Lipinski definition) is 1. The Morgan fingerprint density at radius 2 is 1.90 bits per heavy atom. The number of halogens is 1. The number of nitrogens with zero attached hydrogens (tertiary/aromatic N) is 2. The summed E-state index contributed by atoms with van der Waals surface area (Å²) in [5, 5.41) is 2.07. The average molecular weight is 326 g/mol. The number of alkyl halides is 1. The molecule has 2 unspecified atom stereocenters. The number of aromatic nitrogens is 2. The summed E-state index contributed by atoms with van der Waals surface area (Å²) in [6, 6.07) is 4.37. The molecular weight excluding hydrogens is 314 g/mol. The van der Waals surface area contributed by atoms with Gasteiger partial charge >= 0.3 is 0 Å². The molecule has 2 atom stereocenters. The summed E-state index contributed by atoms with van der Waals surface area (Å²) < 4.78 is 23.0. The Morgan fingerprint density at radius 3 is 2.57 bits per heavy atom. The number of benzene rings is 1. The molecule has 110 valence electrons. The lowest BCUT2D eigenvalue weighted by atomic mass is 10.1. The van der Waals surface area contributed by atoms with E-state index in [0.717, 1.165) is 0 Å². The van der Waals surface area contributed by atoms with Gasteiger partial charge in [0, 0.05) is 18.0 Å². The average Bonchev–Trinajstić information content (AvgIpc) is 2.70. The maximum atomic E-state index is 12.2. The number of amides is 1. The molecule has 1 aliphatic heterocycles. The van der Waals surface area contributed by atoms with Crippen LogP contribution in [0.25, 0.3) is 11.0 Å². The SMILES string of the molecule is O=C(NC1CS(=O)(=O)CC1Cl)c1ccc2nccnc2c1. The van der Waals surface area contributed by atoms with Gasteiger partial charge < -0.3 is 5.32 Å². The van der Waals surface area contributed by atoms with Crippen LogP contribution < -0.4 is 5.32 Å². The monoisotopic (exact) mass is 325 g/mol. The lowest BCUT2D eigenvalue weighted by Crippen LogP contribution is -2.40. The molecule has 1 aliphatic rings. The number of sulfone groups is 1. The number of nitrogens with one attached hydrogen (secondary N) is 1. The van der Waals surface area contributed by atoms with Crippen molar-refractivity contribution in [3.8, 4) is 0 Å². The van der Waals surface area contributed by atoms with E-state index in [1.54, 1.807) is 30.6 Å². The lowest BCUT2D eigenvalue weighted by Gasteiger charge is -2.14. The summed E-state index contributed by atoms with van der Waals surface area (Å²) in [4.78, 5) is 20.4. The molecule has 0 aliphatic carbocycles. The van der Waals surface area contributed by atoms with Crippen LogP contribution in [-0.2, 0) is 9.84 Å². The molecule has 3 rings (SSSR count). The van der Waals surface area contributed by atoms with Crippen LogP contribution in [0.1, 0.15) is 10.4 Å². The van der Waals surface area contributed by atoms with Crippen LogP contribution in [0.3, 0.4) is 0 Å². The molecule has 1 amide bonds. The van der Waals surface area contributed by atoms with Crippen LogP contribution in [-0.4, -0.2) is 47.2 Å². The first-order valence-corrected chi connectivity index (χ1v) is 8.56. The van der Waals surface area contributed by atoms with E-state index < -0.39 is 21.3 Å². The molecule has 0 radical (unpaired) electrons. The molecular formula is C13H12ClN3O3S. The van der Waals surface area contributed by atoms with Gasteiger partial charge in [-0.3, -0.25) is 14.8 Å². The zero-order valence-corrected chi connectivity index (χ0v) is 12.4. The molecule has 1 aromatic carbocycles. The first-order valence-electron chi connectivity index (χ1n) is 6.31. The molecule has 2 aromatic rings. The van der Waals surface area contributed by atoms with Gasteiger partial charge in [0.2, 0.25) is 0 Å². The molecule has 0 spiro atoms. The topological polar surface area (TPSA) is 89.0 Å². The van der Waals surface area contributed by atoms with Crippen molar-refractivity contribution in [1.82, 2.24) is 15.3 Å². The Morgan fingerprint density at radius 1 is 1.19 bits per heavy atom. The summed E-state index contributed by atoms with van der Waals surface area (Å²) in [5.41, 5.74) is 1.69. The van der Waals surface area contributed by atoms with E-state index in [4.69, 9.17) is 11.6 Å². The molecule has 1 fully saturated rings. The second-order valence-corrected chi connectivity index (χ2v) is 7.65. The van der Waals surface area contributed by atoms with Crippen molar-refractivity contribution in [2.45, 2.75) is 11.4 Å². The van der Waals surface area contributed by atoms with Gasteiger partial charge in [-0.1, -0.05) is 0 Å². The molecule has 2 heterocycles. The molecule has 1 aromatic heterocycles. The van der Waals surface area contributed by atoms with Crippen LogP contribution in [0, 0.1) is 0 Å². The van der Waals surface area contributed by atoms with Gasteiger partial charge in [0.15, 0.2) is 9.84 Å². The molecule has 0 saturated carbocycles. The van der Waals surface area contributed by atoms with Crippen LogP contribution in [0.4, 0.5) is 0 Å². The Labute approximate surface area is 126 Å². The van der Waals surface area contributed by atoms with E-state index in [1.165, 1.54) is 0 Å². The minimum absolute atomic E-state index is 0.108. The minimum atomic E-state index is -3.18. The van der Waals surface area contributed by atoms with Crippen molar-refractivity contribution in [3.63, 3.8) is 0 Å². The Bertz CT molecular complexity index is 809. The number of carbonyl (C=O) groups excluding carboxylic acids is 1. The fourth-order valence-electron chi connectivity index (χ4n) is 2.29. The summed E-state index contributed by atoms with van der Waals surface area (Å²) in [6.45, 7) is 0. The fourth-order valence-corrected chi connectivity index (χ4v) is 4.84. The van der Waals surface area contributed by atoms with Crippen molar-refractivity contribution >= 4 is 38.4 Å². The van der Waals surface area contributed by atoms with E-state index in [-0.39, 0.29) is 17.4 Å². The molecule has 21 heavy (non-hydrogen) atoms. The highest BCUT2D eigenvalue weighted by Gasteiger charge is 2.37. The van der Waals surface area contributed by atoms with Crippen molar-refractivity contribution in [1.29, 1.82) is 0 Å². The summed E-state index contributed by atoms with van der Waals surface area (Å²) in [5.74, 6) is -0.599. The molecule has 8 heteroatoms. The van der Waals surface area contributed by atoms with Crippen molar-refractivity contribution in [3.05, 3.63) is 36.2 Å². The number of fused-ring (bicyclic) bond motifs is 1. The molecule has 1 saturated heterocycles. The Kier molecular flexibility index (Phi) is 3.54. The van der Waals surface area contributed by atoms with Crippen molar-refractivity contribution in [2.24, 2.45) is 0 Å². The second kappa shape index (κ2) is 5.23. The van der Waals surface area contributed by atoms with Gasteiger partial charge in [-0.25, -0.2) is 8.42 Å². The standard InChI is InChI=1S/C13H12ClN3O3S/c14-9-6-21(19,20)7-12(9)17-13(18)8-1-2-10-11(5-8)16-4-3-15-10/h1-5,9,12H,6-7H2,(H,17,18). The highest BCUT2D eigenvalue weighted by atomic mass is 35.5. The van der Waals surface area contributed by atoms with E-state index in [0.29, 0.717) is 16.6 Å². The number of carbonyl (C=O) groups is 1. The van der Waals surface area contributed by atoms with Crippen LogP contribution in [0.5, 0.6) is 0 Å². The first-order chi connectivity index (χ1) is 9.94. The lowest BCUT2D eigenvalue weighted by molar-refractivity contribution is 0.0941. The van der Waals surface area contributed by atoms with Gasteiger partial charge in [-0.2, -0.15) is 0 Å². The third kappa shape index (κ3) is 2.98. The summed E-state index contributed by atoms with van der Waals surface area (Å²) >= 11 is 5.97. The Hall–Kier alpha value is -1.73. The van der Waals surface area contributed by atoms with Gasteiger partial charge in [0.05, 0.1) is 34.0 Å². The molecule has 0 bridgehead atoms. The molecule has 1 N–H and O–H groups in total. The van der Waals surface area contributed by atoms with Gasteiger partial charge in [0.1, 0.15) is 0 Å². The number of hydrogen-bond acceptors (Lipinski definition) is 5. The third-order valence-electron chi connectivity index (χ3n) is 3.33. The zero-order valence-electron chi connectivity index (χ0n) is 10.9. The van der Waals surface area contributed by atoms with E-state index in [9.17, 15) is 13.2 Å². The predicted octanol–water partition coefficient (Wildman–Crippen LogP) is 0.764. The smallest absolute Gasteiger partial charge is 0.251 e. The predicted molar refractivity (Wildman–Crippen MR) is 79.1 cm³/mol. The van der Waals surface area contributed by atoms with E-state index in [2.05, 4.69) is 15.3 Å². The first kappa shape index (κ1) is 14.2. The number of rotatable bonds is 2. The van der Waals surface area contributed by atoms with Crippen LogP contribution >= 0.6 is 11.6 Å². The zero-order chi connectivity index (χ0) is 15.0. The highest BCUT2D eigenvalue weighted by Crippen LogP contribution is 2.19. The Balaban J connectivity index is 1.81. The van der Waals surface area contributed by atoms with Gasteiger partial charge in [-0.15, -0.1) is 11.6 Å². The van der Waals surface area contributed by atoms with E-state index in [1.807, 2.05) is 0 Å². The largest absolute Gasteiger partial charge is 0.347 e. The minimum Gasteiger partial charge on any atom is -0.347 e. The molecule has 6 nitrogen and oxygen atoms in total. The quantitative estimate of drug-likeness (QED) is 0.824. The second-order valence-electron chi connectivity index (χ2n) is 4.93. The normalized spacial score (nSPS) is 24.0. The van der Waals surface area contributed by atoms with Crippen molar-refractivity contribution in [2.75, 3.05) is 11.5 Å². The highest BCUT2D eigenvalue weighted by molar-refractivity contribution is 7.91. The van der Waals surface area contributed by atoms with Gasteiger partial charge in [0.25, 0.3) is 5.91 Å². The van der Waals surface area contributed by atoms with Gasteiger partial charge in [-0.05, 0) is 18.2 Å². The summed E-state index contributed by atoms with van der Waals surface area (Å²) in [6.07, 6.45) is 3.12.